The number of Topliss-reactive ketones (excluding diaryl/α,β-unsaturated/α-hetero) is 4. The lowest BCUT2D eigenvalue weighted by molar-refractivity contribution is -0.950. The number of rotatable bonds is 12. The zero-order chi connectivity index (χ0) is 80.9. The Morgan fingerprint density at radius 2 is 0.793 bits per heavy atom. The van der Waals surface area contributed by atoms with E-state index in [4.69, 9.17) is 32.4 Å². The number of piperidine rings is 4. The maximum Gasteiger partial charge on any atom is 0.252 e. The van der Waals surface area contributed by atoms with E-state index in [2.05, 4.69) is 69.1 Å². The number of fused-ring (bicyclic) bond motifs is 2. The maximum atomic E-state index is 12.9. The second kappa shape index (κ2) is 30.6. The Balaban J connectivity index is 0.000000119. The number of aromatic hydroxyl groups is 2. The largest absolute Gasteiger partial charge is 1.00 e. The number of amides is 4. The topological polar surface area (TPSA) is 387 Å². The molecule has 22 rings (SSSR count). The van der Waals surface area contributed by atoms with Crippen molar-refractivity contribution in [3.8, 4) is 23.0 Å². The molecule has 4 amide bonds. The molecule has 16 atom stereocenters. The summed E-state index contributed by atoms with van der Waals surface area (Å²) in [5, 5.41) is 70.4. The molecule has 8 saturated carbocycles. The molecule has 116 heavy (non-hydrogen) atoms. The van der Waals surface area contributed by atoms with Crippen LogP contribution in [0.25, 0.3) is 0 Å². The summed E-state index contributed by atoms with van der Waals surface area (Å²) < 4.78 is 14.0. The second-order valence-corrected chi connectivity index (χ2v) is 38.0. The summed E-state index contributed by atoms with van der Waals surface area (Å²) in [5.74, 6) is 1.46. The number of alkyl halides is 2. The third-order valence-electron chi connectivity index (χ3n) is 32.2. The first-order valence-corrected chi connectivity index (χ1v) is 46.1. The smallest absolute Gasteiger partial charge is 0.252 e. The third-order valence-corrected chi connectivity index (χ3v) is 32.2. The van der Waals surface area contributed by atoms with Crippen LogP contribution in [0.5, 0.6) is 23.0 Å². The molecule has 0 aromatic heterocycles. The number of hydrogen-bond donors (Lipinski definition) is 10. The third kappa shape index (κ3) is 12.7. The molecule has 4 unspecified atom stereocenters. The fraction of sp³-hybridized carbons (Fsp3) is 0.636. The van der Waals surface area contributed by atoms with E-state index >= 15 is 0 Å². The van der Waals surface area contributed by atoms with Gasteiger partial charge in [-0.3, -0.25) is 48.2 Å². The fourth-order valence-electron chi connectivity index (χ4n) is 26.4. The minimum Gasteiger partial charge on any atom is -1.00 e. The van der Waals surface area contributed by atoms with Crippen molar-refractivity contribution in [3.05, 3.63) is 115 Å². The van der Waals surface area contributed by atoms with E-state index < -0.39 is 79.9 Å². The highest BCUT2D eigenvalue weighted by Gasteiger charge is 2.78. The van der Waals surface area contributed by atoms with Crippen LogP contribution in [0.15, 0.2) is 48.5 Å². The number of likely N-dealkylation sites (N-methyl/N-ethyl adjacent to an activating group) is 2. The van der Waals surface area contributed by atoms with Crippen LogP contribution in [0, 0.1) is 23.7 Å². The molecule has 6 heterocycles. The van der Waals surface area contributed by atoms with Crippen molar-refractivity contribution in [2.24, 2.45) is 46.6 Å². The summed E-state index contributed by atoms with van der Waals surface area (Å²) in [6.07, 6.45) is 17.8. The summed E-state index contributed by atoms with van der Waals surface area (Å²) in [5.41, 5.74) is 22.8. The normalized spacial score (nSPS) is 37.2. The first kappa shape index (κ1) is 86.2. The molecular weight excluding hydrogens is 1930 g/mol. The molecule has 4 aromatic carbocycles. The zero-order valence-corrected chi connectivity index (χ0v) is 75.4. The number of primary amides is 4. The van der Waals surface area contributed by atoms with E-state index in [0.29, 0.717) is 124 Å². The van der Waals surface area contributed by atoms with Gasteiger partial charge in [-0.15, -0.1) is 0 Å². The number of likely N-dealkylation sites (tertiary alicyclic amines) is 4. The first-order chi connectivity index (χ1) is 54.3. The highest BCUT2D eigenvalue weighted by molar-refractivity contribution is 14.1. The number of halogens is 4. The van der Waals surface area contributed by atoms with Gasteiger partial charge in [-0.25, -0.2) is 0 Å². The van der Waals surface area contributed by atoms with Crippen LogP contribution in [0.2, 0.25) is 0 Å². The summed E-state index contributed by atoms with van der Waals surface area (Å²) in [6.45, 7) is 7.66. The van der Waals surface area contributed by atoms with Crippen molar-refractivity contribution >= 4 is 91.9 Å². The molecule has 628 valence electrons. The summed E-state index contributed by atoms with van der Waals surface area (Å²) >= 11 is 4.30. The highest BCUT2D eigenvalue weighted by Crippen LogP contribution is 2.69. The lowest BCUT2D eigenvalue weighted by atomic mass is 9.48. The average Bonchev–Trinajstić information content (AvgIpc) is 1.57. The number of carbonyl (C=O) groups is 8. The SMILES string of the molecule is CI.CI.C[N+]1(CC2CC2)CC[C@]23CC(=O)CC[C@@]2(O)[C@H]1Cc1ccc(C(N)=O)c(O)c13.C[N+]1(CC2CC2)CC[C@]23c4c5ccc(C(N)=O)c4OC2C(=O)CC[C@@]3(O)[C@H]1C5.NC(=O)c1ccc2c(c1O)[C@]13CCN(CC4CC4)[C@H](C2)[C@]1(O)CCC(=O)C3.NC(=O)c1ccc2c3c1OC1C(=O)CC[C@@]4(O)[C@@H](C2)N(CC2CC2)CC[C@]314.[I-].[I-]. The standard InChI is InChI=1S/C22H26N2O4.C22H28N2O4.C21H24N2O4.C21H26N2O4.2CH3I.2HI/c1-24(11-12-2-3-12)9-8-21-17-13-4-5-14(20(23)26)18(17)28-19(21)15(25)6-7-22(21,27)16(24)10-13;1-24(12-13-2-3-13)9-8-21-11-15(25)6-7-22(21,28)17(24)10-14-4-5-16(20(23)27)19(26)18(14)21;22-19(25)13-4-3-12-9-15-21(26)6-5-14(24)18-20(21,16(12)17(13)27-18)7-8-23(15)10-11-1-2-11;22-19(26)15-4-3-13-9-16-21(27)6-5-14(24)10-20(21,17(13)18(15)25)7-8-23(16)11-12-1-2-12;2*1-2;;/h4-5,12,16,19,27H,2-3,6-11H2,1H3,(H-,23,26);4-5,13,17,28H,2-3,6-12H2,1H3,(H2-,23,26,27);3-4,11,15,18,26H,1-2,5-10H2,(H2,22,25);3-4,12,16,25,27H,1-2,5-11H2,(H2,22,26);2*1H3;2*1H/t16-,19?,21+,22-,24?;17-,21-,22-,24?;15-,18?,20+,21-;16-,20-,21-;;;;/m1111..../s1. The number of nitrogens with two attached hydrogens (primary N) is 4. The molecule has 0 radical (unpaired) electrons. The molecule has 14 N–H and O–H groups in total. The lowest BCUT2D eigenvalue weighted by Gasteiger charge is -2.65. The van der Waals surface area contributed by atoms with E-state index in [1.807, 2.05) is 34.1 Å². The Morgan fingerprint density at radius 1 is 0.440 bits per heavy atom. The number of ether oxygens (including phenoxy) is 2. The van der Waals surface area contributed by atoms with Gasteiger partial charge in [0.25, 0.3) is 23.6 Å². The van der Waals surface area contributed by atoms with Gasteiger partial charge in [-0.1, -0.05) is 69.4 Å². The Hall–Kier alpha value is -4.76. The van der Waals surface area contributed by atoms with Gasteiger partial charge in [0.2, 0.25) is 0 Å². The highest BCUT2D eigenvalue weighted by atomic mass is 127. The lowest BCUT2D eigenvalue weighted by Crippen LogP contribution is -3.00. The second-order valence-electron chi connectivity index (χ2n) is 38.0. The maximum absolute atomic E-state index is 12.9. The molecule has 18 aliphatic rings. The Kier molecular flexibility index (Phi) is 22.8. The number of aliphatic hydroxyl groups is 4. The van der Waals surface area contributed by atoms with Gasteiger partial charge < -0.3 is 120 Å². The monoisotopic (exact) mass is 2040 g/mol. The van der Waals surface area contributed by atoms with E-state index in [-0.39, 0.29) is 131 Å². The molecule has 4 saturated heterocycles. The molecule has 28 heteroatoms. The van der Waals surface area contributed by atoms with E-state index in [1.165, 1.54) is 51.4 Å². The van der Waals surface area contributed by atoms with Crippen LogP contribution in [-0.2, 0) is 66.5 Å². The number of carbonyl (C=O) groups excluding carboxylic acids is 8. The zero-order valence-electron chi connectivity index (χ0n) is 66.8. The van der Waals surface area contributed by atoms with Crippen LogP contribution in [0.1, 0.15) is 227 Å². The Labute approximate surface area is 739 Å². The average molecular weight is 2050 g/mol. The molecular formula is C88H112I4N8O16. The molecule has 12 aliphatic carbocycles. The predicted octanol–water partition coefficient (Wildman–Crippen LogP) is 0.744. The van der Waals surface area contributed by atoms with Crippen molar-refractivity contribution < 1.29 is 135 Å². The van der Waals surface area contributed by atoms with Crippen molar-refractivity contribution in [3.63, 3.8) is 0 Å². The predicted molar refractivity (Wildman–Crippen MR) is 439 cm³/mol. The number of benzene rings is 4. The van der Waals surface area contributed by atoms with Crippen LogP contribution in [0.3, 0.4) is 0 Å². The molecule has 4 aromatic rings. The Morgan fingerprint density at radius 3 is 1.24 bits per heavy atom. The van der Waals surface area contributed by atoms with Crippen LogP contribution >= 0.6 is 45.2 Å². The van der Waals surface area contributed by atoms with E-state index in [1.54, 1.807) is 24.3 Å². The minimum absolute atomic E-state index is 0. The van der Waals surface area contributed by atoms with Crippen molar-refractivity contribution in [2.75, 3.05) is 76.3 Å². The number of nitrogens with zero attached hydrogens (tertiary/aromatic N) is 4. The molecule has 24 nitrogen and oxygen atoms in total. The number of quaternary nitrogens is 2. The van der Waals surface area contributed by atoms with E-state index in [0.717, 1.165) is 131 Å². The van der Waals surface area contributed by atoms with Gasteiger partial charge in [0.05, 0.1) is 84.6 Å². The number of phenols is 2. The van der Waals surface area contributed by atoms with Gasteiger partial charge in [-0.2, -0.15) is 0 Å². The van der Waals surface area contributed by atoms with Crippen molar-refractivity contribution in [2.45, 2.75) is 247 Å². The quantitative estimate of drug-likeness (QED) is 0.0531. The van der Waals surface area contributed by atoms with Crippen LogP contribution < -0.4 is 80.4 Å². The Bertz CT molecular complexity index is 4740. The fourth-order valence-corrected chi connectivity index (χ4v) is 26.4. The molecule has 12 fully saturated rings. The first-order valence-electron chi connectivity index (χ1n) is 41.8. The van der Waals surface area contributed by atoms with Crippen molar-refractivity contribution in [1.29, 1.82) is 0 Å². The minimum atomic E-state index is -1.06. The van der Waals surface area contributed by atoms with Gasteiger partial charge in [-0.05, 0) is 184 Å². The van der Waals surface area contributed by atoms with Crippen LogP contribution in [0.4, 0.5) is 0 Å². The van der Waals surface area contributed by atoms with Gasteiger partial charge >= 0.3 is 0 Å². The number of ketones is 4. The molecule has 2 spiro atoms. The summed E-state index contributed by atoms with van der Waals surface area (Å²) in [6, 6.07) is 14.3. The molecule has 8 bridgehead atoms. The van der Waals surface area contributed by atoms with Crippen LogP contribution in [-0.4, -0.2) is 231 Å². The van der Waals surface area contributed by atoms with Gasteiger partial charge in [0.1, 0.15) is 57.9 Å². The summed E-state index contributed by atoms with van der Waals surface area (Å²) in [7, 11) is 4.54. The number of hydrogen-bond acceptors (Lipinski definition) is 18. The van der Waals surface area contributed by atoms with E-state index in [9.17, 15) is 69.0 Å². The summed E-state index contributed by atoms with van der Waals surface area (Å²) in [4.78, 5) is 107. The molecule has 6 aliphatic heterocycles. The van der Waals surface area contributed by atoms with Crippen molar-refractivity contribution in [1.82, 2.24) is 9.80 Å². The van der Waals surface area contributed by atoms with Gasteiger partial charge in [0.15, 0.2) is 23.8 Å². The van der Waals surface area contributed by atoms with Gasteiger partial charge in [0, 0.05) is 134 Å².